The maximum atomic E-state index is 13.2. The van der Waals surface area contributed by atoms with Crippen LogP contribution in [0.1, 0.15) is 102 Å². The van der Waals surface area contributed by atoms with Crippen molar-refractivity contribution in [1.82, 2.24) is 15.6 Å². The van der Waals surface area contributed by atoms with Gasteiger partial charge in [0.1, 0.15) is 5.75 Å². The van der Waals surface area contributed by atoms with Crippen molar-refractivity contribution in [2.24, 2.45) is 11.7 Å². The van der Waals surface area contributed by atoms with Gasteiger partial charge in [-0.3, -0.25) is 14.5 Å². The van der Waals surface area contributed by atoms with Crippen molar-refractivity contribution in [3.05, 3.63) is 94.3 Å². The molecule has 0 radical (unpaired) electrons. The number of fused-ring (bicyclic) bond motifs is 1. The molecule has 1 aromatic heterocycles. The topological polar surface area (TPSA) is 170 Å². The van der Waals surface area contributed by atoms with Gasteiger partial charge in [0, 0.05) is 48.1 Å². The van der Waals surface area contributed by atoms with Gasteiger partial charge >= 0.3 is 6.09 Å². The number of carboxylic acid groups (broad SMARTS) is 1. The number of aromatic nitrogens is 1. The number of nitrogens with two attached hydrogens (primary N) is 1. The summed E-state index contributed by atoms with van der Waals surface area (Å²) in [5.41, 5.74) is 10.9. The van der Waals surface area contributed by atoms with E-state index in [0.717, 1.165) is 85.6 Å². The summed E-state index contributed by atoms with van der Waals surface area (Å²) in [6, 6.07) is 23.0. The number of hydrogen-bond donors (Lipinski definition) is 6. The third-order valence-electron chi connectivity index (χ3n) is 13.1. The summed E-state index contributed by atoms with van der Waals surface area (Å²) in [6.07, 6.45) is 7.52. The van der Waals surface area contributed by atoms with E-state index in [-0.39, 0.29) is 46.5 Å². The van der Waals surface area contributed by atoms with Crippen LogP contribution in [0, 0.1) is 5.92 Å². The van der Waals surface area contributed by atoms with E-state index >= 15 is 0 Å². The number of rotatable bonds is 15. The Labute approximate surface area is 350 Å². The molecular formula is C47H65N5O6Si. The number of phenols is 1. The van der Waals surface area contributed by atoms with Crippen molar-refractivity contribution in [2.75, 3.05) is 18.0 Å². The number of carbonyl (C=O) groups excluding carboxylic acids is 1. The lowest BCUT2D eigenvalue weighted by Gasteiger charge is -2.40. The van der Waals surface area contributed by atoms with Gasteiger partial charge in [0.05, 0.1) is 17.3 Å². The number of nitrogens with one attached hydrogen (secondary N) is 3. The molecule has 4 aromatic rings. The molecule has 1 atom stereocenters. The lowest BCUT2D eigenvalue weighted by Crippen LogP contribution is -2.44. The van der Waals surface area contributed by atoms with Gasteiger partial charge < -0.3 is 36.0 Å². The predicted octanol–water partition coefficient (Wildman–Crippen LogP) is 9.01. The van der Waals surface area contributed by atoms with Crippen LogP contribution in [0.4, 0.5) is 10.5 Å². The molecule has 2 amide bonds. The summed E-state index contributed by atoms with van der Waals surface area (Å²) in [6.45, 7) is 12.6. The average Bonchev–Trinajstić information content (AvgIpc) is 3.19. The fourth-order valence-corrected chi connectivity index (χ4v) is 9.85. The Bertz CT molecular complexity index is 2100. The third-order valence-corrected chi connectivity index (χ3v) is 17.5. The lowest BCUT2D eigenvalue weighted by molar-refractivity contribution is -0.122. The highest BCUT2D eigenvalue weighted by molar-refractivity contribution is 6.74. The molecule has 7 N–H and O–H groups in total. The molecule has 59 heavy (non-hydrogen) atoms. The van der Waals surface area contributed by atoms with Gasteiger partial charge in [-0.05, 0) is 130 Å². The Morgan fingerprint density at radius 2 is 1.66 bits per heavy atom. The molecule has 0 spiro atoms. The maximum absolute atomic E-state index is 13.2. The molecule has 0 saturated heterocycles. The van der Waals surface area contributed by atoms with E-state index in [0.29, 0.717) is 42.9 Å². The molecule has 2 aliphatic rings. The minimum absolute atomic E-state index is 0.000692. The molecule has 0 aliphatic heterocycles. The largest absolute Gasteiger partial charge is 0.506 e. The highest BCUT2D eigenvalue weighted by Gasteiger charge is 2.40. The third kappa shape index (κ3) is 11.2. The van der Waals surface area contributed by atoms with Crippen LogP contribution >= 0.6 is 0 Å². The van der Waals surface area contributed by atoms with E-state index in [4.69, 9.17) is 10.2 Å². The number of aromatic amines is 1. The van der Waals surface area contributed by atoms with E-state index in [1.54, 1.807) is 17.0 Å². The molecule has 0 unspecified atom stereocenters. The summed E-state index contributed by atoms with van der Waals surface area (Å²) < 4.78 is 6.98. The zero-order valence-corrected chi connectivity index (χ0v) is 36.6. The van der Waals surface area contributed by atoms with Crippen LogP contribution in [-0.4, -0.2) is 66.7 Å². The summed E-state index contributed by atoms with van der Waals surface area (Å²) in [4.78, 5) is 42.4. The van der Waals surface area contributed by atoms with Gasteiger partial charge in [0.25, 0.3) is 0 Å². The fourth-order valence-electron chi connectivity index (χ4n) is 8.58. The smallest absolute Gasteiger partial charge is 0.412 e. The van der Waals surface area contributed by atoms with Gasteiger partial charge in [-0.15, -0.1) is 0 Å². The van der Waals surface area contributed by atoms with Crippen LogP contribution in [0.15, 0.2) is 77.6 Å². The van der Waals surface area contributed by atoms with E-state index in [2.05, 4.69) is 55.5 Å². The first-order valence-corrected chi connectivity index (χ1v) is 24.5. The molecule has 6 rings (SSSR count). The number of nitrogens with zero attached hydrogens (tertiary/aromatic N) is 1. The van der Waals surface area contributed by atoms with Crippen molar-refractivity contribution >= 4 is 36.9 Å². The monoisotopic (exact) mass is 823 g/mol. The Balaban J connectivity index is 1.01. The van der Waals surface area contributed by atoms with E-state index in [1.165, 1.54) is 6.07 Å². The minimum atomic E-state index is -2.18. The number of aromatic hydroxyl groups is 1. The lowest BCUT2D eigenvalue weighted by atomic mass is 9.86. The van der Waals surface area contributed by atoms with Gasteiger partial charge in [-0.1, -0.05) is 69.3 Å². The number of phenolic OH excluding ortho intramolecular Hbond substituents is 1. The Kier molecular flexibility index (Phi) is 14.4. The van der Waals surface area contributed by atoms with Gasteiger partial charge in [0.2, 0.25) is 11.5 Å². The molecule has 1 heterocycles. The van der Waals surface area contributed by atoms with Crippen LogP contribution in [0.5, 0.6) is 5.75 Å². The molecule has 318 valence electrons. The van der Waals surface area contributed by atoms with E-state index in [1.807, 2.05) is 48.5 Å². The Morgan fingerprint density at radius 3 is 2.34 bits per heavy atom. The van der Waals surface area contributed by atoms with Crippen molar-refractivity contribution in [2.45, 2.75) is 134 Å². The summed E-state index contributed by atoms with van der Waals surface area (Å²) in [7, 11) is -2.18. The van der Waals surface area contributed by atoms with Crippen LogP contribution < -0.4 is 26.8 Å². The number of H-pyrrole nitrogens is 1. The molecule has 0 bridgehead atoms. The first-order valence-electron chi connectivity index (χ1n) is 21.6. The molecular weight excluding hydrogens is 759 g/mol. The predicted molar refractivity (Wildman–Crippen MR) is 240 cm³/mol. The minimum Gasteiger partial charge on any atom is -0.506 e. The Hall–Kier alpha value is -4.49. The molecule has 2 aliphatic carbocycles. The van der Waals surface area contributed by atoms with Crippen LogP contribution in [-0.2, 0) is 15.6 Å². The number of carbonyl (C=O) groups is 2. The first-order chi connectivity index (χ1) is 28.1. The SMILES string of the molecule is CC(C)(C)[Si](C)(C)O[C@@H](CNCC1CCC(NC(=O)CCCc2ccc(-c3ccccc3)c(N(C(=O)O)C3CCC(N)CC3)c2)CC1)c1ccc(O)c2[nH]c(=O)ccc12. The molecule has 12 heteroatoms. The quantitative estimate of drug-likeness (QED) is 0.0646. The normalized spacial score (nSPS) is 20.6. The number of hydrogen-bond acceptors (Lipinski definition) is 7. The van der Waals surface area contributed by atoms with Gasteiger partial charge in [-0.25, -0.2) is 4.79 Å². The number of aryl methyl sites for hydroxylation is 1. The average molecular weight is 824 g/mol. The molecule has 3 aromatic carbocycles. The number of benzene rings is 3. The summed E-state index contributed by atoms with van der Waals surface area (Å²) >= 11 is 0. The van der Waals surface area contributed by atoms with Crippen molar-refractivity contribution in [3.63, 3.8) is 0 Å². The van der Waals surface area contributed by atoms with E-state index in [9.17, 15) is 24.6 Å². The Morgan fingerprint density at radius 1 is 0.949 bits per heavy atom. The highest BCUT2D eigenvalue weighted by Crippen LogP contribution is 2.41. The van der Waals surface area contributed by atoms with Crippen molar-refractivity contribution < 1.29 is 24.2 Å². The zero-order chi connectivity index (χ0) is 42.3. The second kappa shape index (κ2) is 19.3. The number of pyridine rings is 1. The maximum Gasteiger partial charge on any atom is 0.412 e. The second-order valence-electron chi connectivity index (χ2n) is 18.4. The fraction of sp³-hybridized carbons (Fsp3) is 0.511. The first kappa shape index (κ1) is 44.1. The standard InChI is InChI=1S/C47H65N5O6Si/c1-47(2,3)59(4,5)58-42(38-24-26-41(53)45-39(38)25-27-44(55)51-45)30-49-29-32-14-19-35(20-15-32)50-43(54)13-9-10-31-16-23-37(33-11-7-6-8-12-33)40(28-31)52(46(56)57)36-21-17-34(48)18-22-36/h6-8,11-12,16,23-28,32,34-36,42,49,53H,9-10,13-15,17-22,29-30,48H2,1-5H3,(H,50,54)(H,51,55)(H,56,57)/t32?,34?,35?,36?,42-/m0/s1. The van der Waals surface area contributed by atoms with Gasteiger partial charge in [0.15, 0.2) is 8.32 Å². The van der Waals surface area contributed by atoms with Crippen LogP contribution in [0.2, 0.25) is 18.1 Å². The highest BCUT2D eigenvalue weighted by atomic mass is 28.4. The number of amides is 2. The number of anilines is 1. The molecule has 2 fully saturated rings. The van der Waals surface area contributed by atoms with Crippen molar-refractivity contribution in [3.8, 4) is 16.9 Å². The summed E-state index contributed by atoms with van der Waals surface area (Å²) in [5, 5.41) is 28.8. The van der Waals surface area contributed by atoms with Crippen molar-refractivity contribution in [1.29, 1.82) is 0 Å². The van der Waals surface area contributed by atoms with E-state index < -0.39 is 14.4 Å². The van der Waals surface area contributed by atoms with Crippen LogP contribution in [0.25, 0.3) is 22.0 Å². The van der Waals surface area contributed by atoms with Crippen LogP contribution in [0.3, 0.4) is 0 Å². The summed E-state index contributed by atoms with van der Waals surface area (Å²) in [5.74, 6) is 0.581. The van der Waals surface area contributed by atoms with Gasteiger partial charge in [-0.2, -0.15) is 0 Å². The molecule has 2 saturated carbocycles. The zero-order valence-electron chi connectivity index (χ0n) is 35.6. The molecule has 11 nitrogen and oxygen atoms in total. The second-order valence-corrected chi connectivity index (χ2v) is 23.1.